The molecule has 1 aromatic rings. The van der Waals surface area contributed by atoms with Crippen LogP contribution in [0.5, 0.6) is 0 Å². The number of carbonyl (C=O) groups excluding carboxylic acids is 2. The van der Waals surface area contributed by atoms with Crippen molar-refractivity contribution in [1.29, 1.82) is 0 Å². The number of nitrogens with one attached hydrogen (secondary N) is 1. The van der Waals surface area contributed by atoms with E-state index >= 15 is 0 Å². The van der Waals surface area contributed by atoms with Crippen LogP contribution in [0.25, 0.3) is 0 Å². The molecule has 1 atom stereocenters. The third kappa shape index (κ3) is 1.88. The van der Waals surface area contributed by atoms with E-state index < -0.39 is 5.54 Å². The lowest BCUT2D eigenvalue weighted by molar-refractivity contribution is -0.155. The van der Waals surface area contributed by atoms with E-state index in [0.717, 1.165) is 18.7 Å². The van der Waals surface area contributed by atoms with Crippen molar-refractivity contribution in [3.05, 3.63) is 12.2 Å². The molecule has 2 fully saturated rings. The molecule has 3 rings (SSSR count). The highest BCUT2D eigenvalue weighted by Crippen LogP contribution is 2.44. The average molecular weight is 277 g/mol. The van der Waals surface area contributed by atoms with Crippen LogP contribution >= 0.6 is 0 Å². The van der Waals surface area contributed by atoms with Gasteiger partial charge in [-0.2, -0.15) is 5.10 Å². The molecule has 1 saturated carbocycles. The predicted octanol–water partition coefficient (Wildman–Crippen LogP) is -0.0749. The van der Waals surface area contributed by atoms with Crippen molar-refractivity contribution in [3.8, 4) is 0 Å². The van der Waals surface area contributed by atoms with Crippen LogP contribution < -0.4 is 5.32 Å². The Labute approximate surface area is 117 Å². The highest BCUT2D eigenvalue weighted by atomic mass is 16.2. The summed E-state index contributed by atoms with van der Waals surface area (Å²) < 4.78 is 1.76. The number of aryl methyl sites for hydroxylation is 1. The summed E-state index contributed by atoms with van der Waals surface area (Å²) in [7, 11) is 0. The van der Waals surface area contributed by atoms with Crippen LogP contribution in [0.4, 0.5) is 0 Å². The molecule has 1 unspecified atom stereocenters. The molecule has 2 heterocycles. The van der Waals surface area contributed by atoms with Gasteiger partial charge in [0.1, 0.15) is 17.7 Å². The second kappa shape index (κ2) is 4.57. The molecule has 1 aliphatic heterocycles. The van der Waals surface area contributed by atoms with Crippen LogP contribution in [0, 0.1) is 5.92 Å². The Morgan fingerprint density at radius 2 is 2.20 bits per heavy atom. The summed E-state index contributed by atoms with van der Waals surface area (Å²) in [6, 6.07) is 0. The first-order valence-corrected chi connectivity index (χ1v) is 7.02. The van der Waals surface area contributed by atoms with E-state index in [1.165, 1.54) is 6.33 Å². The predicted molar refractivity (Wildman–Crippen MR) is 70.4 cm³/mol. The number of nitrogens with zero attached hydrogens (tertiary/aromatic N) is 4. The molecule has 1 N–H and O–H groups in total. The van der Waals surface area contributed by atoms with E-state index in [0.29, 0.717) is 13.1 Å². The van der Waals surface area contributed by atoms with Crippen LogP contribution in [-0.4, -0.2) is 43.6 Å². The Morgan fingerprint density at radius 1 is 1.45 bits per heavy atom. The molecule has 2 aliphatic rings. The smallest absolute Gasteiger partial charge is 0.246 e. The lowest BCUT2D eigenvalue weighted by Crippen LogP contribution is -2.66. The SMILES string of the molecule is CCn1ncnc1CN1C(=O)CNC(=O)C1(C)C1CC1. The van der Waals surface area contributed by atoms with Crippen LogP contribution in [0.1, 0.15) is 32.5 Å². The van der Waals surface area contributed by atoms with Gasteiger partial charge in [0.05, 0.1) is 13.1 Å². The summed E-state index contributed by atoms with van der Waals surface area (Å²) >= 11 is 0. The van der Waals surface area contributed by atoms with Crippen molar-refractivity contribution < 1.29 is 9.59 Å². The Bertz CT molecular complexity index is 551. The zero-order valence-corrected chi connectivity index (χ0v) is 11.8. The van der Waals surface area contributed by atoms with Crippen molar-refractivity contribution in [2.75, 3.05) is 6.54 Å². The van der Waals surface area contributed by atoms with Crippen molar-refractivity contribution in [1.82, 2.24) is 25.0 Å². The largest absolute Gasteiger partial charge is 0.345 e. The van der Waals surface area contributed by atoms with Crippen LogP contribution in [0.15, 0.2) is 6.33 Å². The van der Waals surface area contributed by atoms with E-state index in [4.69, 9.17) is 0 Å². The molecule has 7 nitrogen and oxygen atoms in total. The molecule has 0 radical (unpaired) electrons. The maximum Gasteiger partial charge on any atom is 0.246 e. The molecule has 0 bridgehead atoms. The number of rotatable bonds is 4. The third-order valence-corrected chi connectivity index (χ3v) is 4.39. The molecular weight excluding hydrogens is 258 g/mol. The summed E-state index contributed by atoms with van der Waals surface area (Å²) in [5.41, 5.74) is -0.750. The summed E-state index contributed by atoms with van der Waals surface area (Å²) in [4.78, 5) is 30.4. The summed E-state index contributed by atoms with van der Waals surface area (Å²) in [5.74, 6) is 0.874. The Kier molecular flexibility index (Phi) is 2.99. The standard InChI is InChI=1S/C13H19N5O2/c1-3-18-10(15-8-16-18)7-17-11(19)6-14-12(20)13(17,2)9-4-5-9/h8-9H,3-7H2,1-2H3,(H,14,20). The zero-order chi connectivity index (χ0) is 14.3. The van der Waals surface area contributed by atoms with Gasteiger partial charge in [0.2, 0.25) is 11.8 Å². The van der Waals surface area contributed by atoms with Gasteiger partial charge < -0.3 is 10.2 Å². The van der Waals surface area contributed by atoms with Gasteiger partial charge in [0, 0.05) is 6.54 Å². The topological polar surface area (TPSA) is 80.1 Å². The van der Waals surface area contributed by atoms with E-state index in [9.17, 15) is 9.59 Å². The zero-order valence-electron chi connectivity index (χ0n) is 11.8. The fourth-order valence-electron chi connectivity index (χ4n) is 2.93. The lowest BCUT2D eigenvalue weighted by Gasteiger charge is -2.43. The first-order chi connectivity index (χ1) is 9.57. The number of hydrogen-bond donors (Lipinski definition) is 1. The minimum Gasteiger partial charge on any atom is -0.345 e. The number of hydrogen-bond acceptors (Lipinski definition) is 4. The van der Waals surface area contributed by atoms with Crippen molar-refractivity contribution in [3.63, 3.8) is 0 Å². The van der Waals surface area contributed by atoms with E-state index in [1.54, 1.807) is 9.58 Å². The van der Waals surface area contributed by atoms with Gasteiger partial charge in [-0.25, -0.2) is 9.67 Å². The molecule has 2 amide bonds. The number of carbonyl (C=O) groups is 2. The number of piperazine rings is 1. The molecule has 1 saturated heterocycles. The van der Waals surface area contributed by atoms with Gasteiger partial charge in [-0.05, 0) is 32.6 Å². The Balaban J connectivity index is 1.91. The number of amides is 2. The van der Waals surface area contributed by atoms with Gasteiger partial charge >= 0.3 is 0 Å². The van der Waals surface area contributed by atoms with Gasteiger partial charge in [-0.1, -0.05) is 0 Å². The highest BCUT2D eigenvalue weighted by molar-refractivity contribution is 5.98. The van der Waals surface area contributed by atoms with Crippen molar-refractivity contribution in [2.45, 2.75) is 45.3 Å². The molecule has 0 aromatic carbocycles. The van der Waals surface area contributed by atoms with Gasteiger partial charge in [0.25, 0.3) is 0 Å². The van der Waals surface area contributed by atoms with E-state index in [1.807, 2.05) is 13.8 Å². The van der Waals surface area contributed by atoms with Gasteiger partial charge in [-0.15, -0.1) is 0 Å². The highest BCUT2D eigenvalue weighted by Gasteiger charge is 2.55. The molecule has 7 heteroatoms. The van der Waals surface area contributed by atoms with E-state index in [2.05, 4.69) is 15.4 Å². The Morgan fingerprint density at radius 3 is 2.85 bits per heavy atom. The first kappa shape index (κ1) is 13.1. The normalized spacial score (nSPS) is 26.8. The molecule has 20 heavy (non-hydrogen) atoms. The fourth-order valence-corrected chi connectivity index (χ4v) is 2.93. The first-order valence-electron chi connectivity index (χ1n) is 7.02. The second-order valence-electron chi connectivity index (χ2n) is 5.58. The maximum atomic E-state index is 12.3. The van der Waals surface area contributed by atoms with Gasteiger partial charge in [-0.3, -0.25) is 9.59 Å². The van der Waals surface area contributed by atoms with Crippen molar-refractivity contribution in [2.24, 2.45) is 5.92 Å². The summed E-state index contributed by atoms with van der Waals surface area (Å²) in [6.07, 6.45) is 3.48. The monoisotopic (exact) mass is 277 g/mol. The molecule has 1 aromatic heterocycles. The molecule has 108 valence electrons. The van der Waals surface area contributed by atoms with Gasteiger partial charge in [0.15, 0.2) is 0 Å². The number of aromatic nitrogens is 3. The summed E-state index contributed by atoms with van der Waals surface area (Å²) in [5, 5.41) is 6.83. The van der Waals surface area contributed by atoms with Crippen LogP contribution in [0.2, 0.25) is 0 Å². The Hall–Kier alpha value is -1.92. The third-order valence-electron chi connectivity index (χ3n) is 4.39. The van der Waals surface area contributed by atoms with Crippen molar-refractivity contribution >= 4 is 11.8 Å². The fraction of sp³-hybridized carbons (Fsp3) is 0.692. The molecule has 1 aliphatic carbocycles. The summed E-state index contributed by atoms with van der Waals surface area (Å²) in [6.45, 7) is 4.95. The quantitative estimate of drug-likeness (QED) is 0.835. The second-order valence-corrected chi connectivity index (χ2v) is 5.58. The minimum atomic E-state index is -0.750. The minimum absolute atomic E-state index is 0.0512. The van der Waals surface area contributed by atoms with Crippen LogP contribution in [0.3, 0.4) is 0 Å². The van der Waals surface area contributed by atoms with E-state index in [-0.39, 0.29) is 24.3 Å². The molecule has 0 spiro atoms. The maximum absolute atomic E-state index is 12.3. The average Bonchev–Trinajstić information content (AvgIpc) is 3.20. The van der Waals surface area contributed by atoms with Crippen LogP contribution in [-0.2, 0) is 22.7 Å². The lowest BCUT2D eigenvalue weighted by atomic mass is 9.90. The molecular formula is C13H19N5O2.